The summed E-state index contributed by atoms with van der Waals surface area (Å²) in [5.74, 6) is 0.743. The van der Waals surface area contributed by atoms with E-state index in [0.29, 0.717) is 6.61 Å². The van der Waals surface area contributed by atoms with E-state index in [1.807, 2.05) is 37.1 Å². The third kappa shape index (κ3) is 5.52. The second-order valence-corrected chi connectivity index (χ2v) is 9.09. The molecule has 2 heterocycles. The summed E-state index contributed by atoms with van der Waals surface area (Å²) in [5.41, 5.74) is 2.30. The maximum Gasteiger partial charge on any atom is 0.125 e. The summed E-state index contributed by atoms with van der Waals surface area (Å²) in [4.78, 5) is 6.11. The lowest BCUT2D eigenvalue weighted by Gasteiger charge is -2.37. The summed E-state index contributed by atoms with van der Waals surface area (Å²) in [6.45, 7) is 9.82. The van der Waals surface area contributed by atoms with Crippen LogP contribution in [0.15, 0.2) is 47.4 Å². The number of hydrogen-bond acceptors (Lipinski definition) is 6. The van der Waals surface area contributed by atoms with Gasteiger partial charge in [0.1, 0.15) is 17.7 Å². The predicted octanol–water partition coefficient (Wildman–Crippen LogP) is 4.45. The number of piperazine rings is 1. The Kier molecular flexibility index (Phi) is 7.72. The third-order valence-electron chi connectivity index (χ3n) is 5.98. The van der Waals surface area contributed by atoms with Crippen LogP contribution in [-0.4, -0.2) is 68.7 Å². The molecule has 0 bridgehead atoms. The van der Waals surface area contributed by atoms with Crippen LogP contribution >= 0.6 is 11.9 Å². The Hall–Kier alpha value is -1.80. The van der Waals surface area contributed by atoms with Crippen molar-refractivity contribution in [1.29, 1.82) is 0 Å². The van der Waals surface area contributed by atoms with Gasteiger partial charge in [0.2, 0.25) is 0 Å². The number of anilines is 1. The molecule has 0 saturated carbocycles. The second-order valence-electron chi connectivity index (χ2n) is 7.95. The van der Waals surface area contributed by atoms with E-state index < -0.39 is 0 Å². The van der Waals surface area contributed by atoms with Crippen LogP contribution in [0.2, 0.25) is 0 Å². The van der Waals surface area contributed by atoms with E-state index >= 15 is 0 Å². The van der Waals surface area contributed by atoms with E-state index in [4.69, 9.17) is 9.47 Å². The number of rotatable bonds is 8. The van der Waals surface area contributed by atoms with E-state index in [2.05, 4.69) is 26.2 Å². The average Bonchev–Trinajstić information content (AvgIpc) is 2.80. The molecule has 0 spiro atoms. The molecule has 2 aromatic rings. The van der Waals surface area contributed by atoms with Crippen molar-refractivity contribution >= 4 is 17.6 Å². The molecular formula is C24H32FN3O2S. The molecule has 0 radical (unpaired) electrons. The highest BCUT2D eigenvalue weighted by molar-refractivity contribution is 7.97. The maximum absolute atomic E-state index is 13.1. The molecule has 4 rings (SSSR count). The number of halogens is 1. The van der Waals surface area contributed by atoms with Gasteiger partial charge in [-0.05, 0) is 68.2 Å². The molecule has 1 saturated heterocycles. The smallest absolute Gasteiger partial charge is 0.125 e. The van der Waals surface area contributed by atoms with Gasteiger partial charge in [0.25, 0.3) is 0 Å². The highest BCUT2D eigenvalue weighted by Gasteiger charge is 2.29. The molecule has 0 N–H and O–H groups in total. The summed E-state index contributed by atoms with van der Waals surface area (Å²) < 4.78 is 27.2. The molecule has 7 heteroatoms. The average molecular weight is 446 g/mol. The Bertz CT molecular complexity index is 843. The van der Waals surface area contributed by atoms with Gasteiger partial charge in [-0.3, -0.25) is 4.90 Å². The fraction of sp³-hybridized carbons (Fsp3) is 0.500. The van der Waals surface area contributed by atoms with Crippen LogP contribution in [0.5, 0.6) is 5.75 Å². The lowest BCUT2D eigenvalue weighted by atomic mass is 10.1. The van der Waals surface area contributed by atoms with Crippen LogP contribution in [0.3, 0.4) is 0 Å². The number of methoxy groups -OCH3 is 1. The van der Waals surface area contributed by atoms with Gasteiger partial charge < -0.3 is 14.4 Å². The predicted molar refractivity (Wildman–Crippen MR) is 124 cm³/mol. The molecular weight excluding hydrogens is 413 g/mol. The summed E-state index contributed by atoms with van der Waals surface area (Å²) >= 11 is 1.82. The van der Waals surface area contributed by atoms with Crippen LogP contribution in [0.1, 0.15) is 25.0 Å². The van der Waals surface area contributed by atoms with Gasteiger partial charge in [-0.2, -0.15) is 0 Å². The van der Waals surface area contributed by atoms with Gasteiger partial charge in [0.05, 0.1) is 7.11 Å². The molecule has 2 aliphatic rings. The molecule has 2 aliphatic heterocycles. The first-order valence-electron chi connectivity index (χ1n) is 11.1. The van der Waals surface area contributed by atoms with Crippen molar-refractivity contribution < 1.29 is 13.9 Å². The van der Waals surface area contributed by atoms with Crippen LogP contribution in [0.25, 0.3) is 0 Å². The number of fused-ring (bicyclic) bond motifs is 1. The zero-order valence-electron chi connectivity index (χ0n) is 18.4. The quantitative estimate of drug-likeness (QED) is 0.558. The zero-order chi connectivity index (χ0) is 21.6. The summed E-state index contributed by atoms with van der Waals surface area (Å²) in [5, 5.41) is 0. The van der Waals surface area contributed by atoms with Crippen LogP contribution < -0.4 is 9.64 Å². The SMILES string of the molecule is CCOC1CN(CCCN2CCN(c3ccc(F)cc3)CC2)Sc2cccc(OC)c21. The zero-order valence-corrected chi connectivity index (χ0v) is 19.2. The Balaban J connectivity index is 1.26. The highest BCUT2D eigenvalue weighted by Crippen LogP contribution is 2.43. The molecule has 31 heavy (non-hydrogen) atoms. The largest absolute Gasteiger partial charge is 0.496 e. The van der Waals surface area contributed by atoms with Gasteiger partial charge in [-0.25, -0.2) is 8.70 Å². The first-order chi connectivity index (χ1) is 15.2. The van der Waals surface area contributed by atoms with Crippen molar-refractivity contribution in [2.75, 3.05) is 64.4 Å². The molecule has 0 aromatic heterocycles. The van der Waals surface area contributed by atoms with Gasteiger partial charge in [-0.1, -0.05) is 6.07 Å². The molecule has 0 aliphatic carbocycles. The molecule has 1 unspecified atom stereocenters. The number of ether oxygens (including phenoxy) is 2. The van der Waals surface area contributed by atoms with E-state index in [9.17, 15) is 4.39 Å². The Morgan fingerprint density at radius 2 is 1.81 bits per heavy atom. The topological polar surface area (TPSA) is 28.2 Å². The first kappa shape index (κ1) is 22.4. The van der Waals surface area contributed by atoms with Gasteiger partial charge >= 0.3 is 0 Å². The highest BCUT2D eigenvalue weighted by atomic mass is 32.2. The van der Waals surface area contributed by atoms with Crippen LogP contribution in [0, 0.1) is 5.82 Å². The Morgan fingerprint density at radius 3 is 2.52 bits per heavy atom. The minimum Gasteiger partial charge on any atom is -0.496 e. The van der Waals surface area contributed by atoms with Crippen molar-refractivity contribution in [2.45, 2.75) is 24.3 Å². The molecule has 2 aromatic carbocycles. The number of nitrogens with zero attached hydrogens (tertiary/aromatic N) is 3. The number of hydrogen-bond donors (Lipinski definition) is 0. The fourth-order valence-corrected chi connectivity index (χ4v) is 5.56. The lowest BCUT2D eigenvalue weighted by Crippen LogP contribution is -2.47. The minimum atomic E-state index is -0.175. The van der Waals surface area contributed by atoms with Crippen LogP contribution in [-0.2, 0) is 4.74 Å². The lowest BCUT2D eigenvalue weighted by molar-refractivity contribution is 0.0433. The Morgan fingerprint density at radius 1 is 1.03 bits per heavy atom. The van der Waals surface area contributed by atoms with E-state index in [0.717, 1.165) is 63.7 Å². The molecule has 1 fully saturated rings. The minimum absolute atomic E-state index is 0.0525. The van der Waals surface area contributed by atoms with Crippen molar-refractivity contribution in [1.82, 2.24) is 9.21 Å². The van der Waals surface area contributed by atoms with Gasteiger partial charge in [0.15, 0.2) is 0 Å². The van der Waals surface area contributed by atoms with E-state index in [1.54, 1.807) is 19.2 Å². The summed E-state index contributed by atoms with van der Waals surface area (Å²) in [7, 11) is 1.73. The van der Waals surface area contributed by atoms with Crippen molar-refractivity contribution in [3.8, 4) is 5.75 Å². The van der Waals surface area contributed by atoms with E-state index in [-0.39, 0.29) is 11.9 Å². The Labute approximate surface area is 189 Å². The van der Waals surface area contributed by atoms with Crippen molar-refractivity contribution in [2.24, 2.45) is 0 Å². The van der Waals surface area contributed by atoms with Gasteiger partial charge in [-0.15, -0.1) is 0 Å². The molecule has 0 amide bonds. The fourth-order valence-electron chi connectivity index (χ4n) is 4.38. The standard InChI is InChI=1S/C24H32FN3O2S/c1-3-30-22-18-28(31-23-7-4-6-21(29-2)24(22)23)13-5-12-26-14-16-27(17-15-26)20-10-8-19(25)9-11-20/h4,6-11,22H,3,5,12-18H2,1-2H3. The molecule has 168 valence electrons. The number of benzene rings is 2. The maximum atomic E-state index is 13.1. The third-order valence-corrected chi connectivity index (χ3v) is 7.12. The van der Waals surface area contributed by atoms with Gasteiger partial charge in [0, 0.05) is 62.0 Å². The normalized spacial score (nSPS) is 20.0. The first-order valence-corrected chi connectivity index (χ1v) is 11.9. The van der Waals surface area contributed by atoms with Crippen LogP contribution in [0.4, 0.5) is 10.1 Å². The summed E-state index contributed by atoms with van der Waals surface area (Å²) in [6, 6.07) is 13.1. The second kappa shape index (κ2) is 10.7. The summed E-state index contributed by atoms with van der Waals surface area (Å²) in [6.07, 6.45) is 1.18. The molecule has 1 atom stereocenters. The molecule has 5 nitrogen and oxygen atoms in total. The monoisotopic (exact) mass is 445 g/mol. The van der Waals surface area contributed by atoms with Crippen molar-refractivity contribution in [3.63, 3.8) is 0 Å². The van der Waals surface area contributed by atoms with Crippen molar-refractivity contribution in [3.05, 3.63) is 53.8 Å². The van der Waals surface area contributed by atoms with E-state index in [1.165, 1.54) is 10.5 Å².